The number of benzene rings is 2. The van der Waals surface area contributed by atoms with Gasteiger partial charge in [0.25, 0.3) is 0 Å². The lowest BCUT2D eigenvalue weighted by Gasteiger charge is -2.29. The minimum Gasteiger partial charge on any atom is -0.332 e. The van der Waals surface area contributed by atoms with Gasteiger partial charge in [-0.1, -0.05) is 60.7 Å². The van der Waals surface area contributed by atoms with Gasteiger partial charge in [-0.3, -0.25) is 4.79 Å². The summed E-state index contributed by atoms with van der Waals surface area (Å²) in [4.78, 5) is 25.4. The van der Waals surface area contributed by atoms with Crippen molar-refractivity contribution in [1.29, 1.82) is 0 Å². The summed E-state index contributed by atoms with van der Waals surface area (Å²) in [5.41, 5.74) is 4.35. The Labute approximate surface area is 177 Å². The zero-order valence-electron chi connectivity index (χ0n) is 17.0. The first-order valence-corrected chi connectivity index (χ1v) is 10.8. The Morgan fingerprint density at radius 2 is 1.73 bits per heavy atom. The van der Waals surface area contributed by atoms with Crippen LogP contribution in [-0.4, -0.2) is 33.9 Å². The minimum absolute atomic E-state index is 0.0485. The first kappa shape index (κ1) is 18.9. The molecular formula is C25H26N4O. The molecule has 0 saturated carbocycles. The van der Waals surface area contributed by atoms with Gasteiger partial charge >= 0.3 is 0 Å². The van der Waals surface area contributed by atoms with Gasteiger partial charge in [0.2, 0.25) is 5.91 Å². The van der Waals surface area contributed by atoms with Gasteiger partial charge in [0, 0.05) is 43.5 Å². The second-order valence-corrected chi connectivity index (χ2v) is 8.07. The van der Waals surface area contributed by atoms with Crippen LogP contribution in [0.3, 0.4) is 0 Å². The Morgan fingerprint density at radius 1 is 1.03 bits per heavy atom. The topological polar surface area (TPSA) is 58.1 Å². The molecule has 0 spiro atoms. The van der Waals surface area contributed by atoms with Crippen molar-refractivity contribution in [2.24, 2.45) is 0 Å². The van der Waals surface area contributed by atoms with Gasteiger partial charge in [-0.15, -0.1) is 0 Å². The second kappa shape index (κ2) is 8.36. The number of aromatic nitrogens is 2. The quantitative estimate of drug-likeness (QED) is 0.729. The number of likely N-dealkylation sites (tertiary alicyclic amines) is 1. The van der Waals surface area contributed by atoms with Crippen LogP contribution < -0.4 is 5.32 Å². The van der Waals surface area contributed by atoms with Gasteiger partial charge < -0.3 is 10.2 Å². The summed E-state index contributed by atoms with van der Waals surface area (Å²) < 4.78 is 0. The van der Waals surface area contributed by atoms with Crippen molar-refractivity contribution in [3.8, 4) is 0 Å². The van der Waals surface area contributed by atoms with Crippen LogP contribution in [0.1, 0.15) is 53.0 Å². The van der Waals surface area contributed by atoms with Crippen molar-refractivity contribution in [3.63, 3.8) is 0 Å². The van der Waals surface area contributed by atoms with E-state index < -0.39 is 0 Å². The Balaban J connectivity index is 1.48. The summed E-state index contributed by atoms with van der Waals surface area (Å²) in [7, 11) is 0. The summed E-state index contributed by atoms with van der Waals surface area (Å²) in [6.07, 6.45) is 4.76. The molecule has 1 saturated heterocycles. The highest BCUT2D eigenvalue weighted by atomic mass is 16.2. The van der Waals surface area contributed by atoms with E-state index in [1.807, 2.05) is 71.8 Å². The lowest BCUT2D eigenvalue weighted by Crippen LogP contribution is -2.36. The van der Waals surface area contributed by atoms with Crippen LogP contribution in [0, 0.1) is 0 Å². The average molecular weight is 399 g/mol. The van der Waals surface area contributed by atoms with Crippen LogP contribution >= 0.6 is 0 Å². The molecule has 5 rings (SSSR count). The summed E-state index contributed by atoms with van der Waals surface area (Å²) in [5, 5.41) is 3.36. The van der Waals surface area contributed by atoms with Crippen molar-refractivity contribution in [3.05, 3.63) is 95.1 Å². The molecule has 1 aromatic heterocycles. The van der Waals surface area contributed by atoms with E-state index in [1.54, 1.807) is 0 Å². The van der Waals surface area contributed by atoms with Crippen LogP contribution in [0.4, 0.5) is 0 Å². The lowest BCUT2D eigenvalue weighted by atomic mass is 9.89. The Hall–Kier alpha value is -3.05. The van der Waals surface area contributed by atoms with Crippen molar-refractivity contribution < 1.29 is 4.79 Å². The predicted molar refractivity (Wildman–Crippen MR) is 116 cm³/mol. The van der Waals surface area contributed by atoms with Gasteiger partial charge in [-0.2, -0.15) is 0 Å². The van der Waals surface area contributed by atoms with E-state index in [0.29, 0.717) is 0 Å². The predicted octanol–water partition coefficient (Wildman–Crippen LogP) is 3.62. The molecule has 5 nitrogen and oxygen atoms in total. The molecule has 1 amide bonds. The van der Waals surface area contributed by atoms with Crippen molar-refractivity contribution >= 4 is 5.91 Å². The van der Waals surface area contributed by atoms with Crippen molar-refractivity contribution in [1.82, 2.24) is 20.2 Å². The highest BCUT2D eigenvalue weighted by Gasteiger charge is 2.37. The van der Waals surface area contributed by atoms with Crippen LogP contribution in [-0.2, 0) is 17.8 Å². The summed E-state index contributed by atoms with van der Waals surface area (Å²) in [5.74, 6) is 0.620. The average Bonchev–Trinajstić information content (AvgIpc) is 3.30. The molecule has 0 radical (unpaired) electrons. The van der Waals surface area contributed by atoms with Gasteiger partial charge in [0.15, 0.2) is 5.82 Å². The fourth-order valence-corrected chi connectivity index (χ4v) is 4.65. The number of carbonyl (C=O) groups is 1. The van der Waals surface area contributed by atoms with E-state index in [-0.39, 0.29) is 17.9 Å². The van der Waals surface area contributed by atoms with Crippen LogP contribution in [0.5, 0.6) is 0 Å². The third-order valence-corrected chi connectivity index (χ3v) is 6.17. The first-order valence-electron chi connectivity index (χ1n) is 10.8. The SMILES string of the molecule is O=C(C(c1ccccc1)c1ccccc1)N1CCCC1c1ncc2c(n1)CCNC2. The van der Waals surface area contributed by atoms with Gasteiger partial charge in [0.1, 0.15) is 0 Å². The molecule has 30 heavy (non-hydrogen) atoms. The maximum absolute atomic E-state index is 13.9. The maximum Gasteiger partial charge on any atom is 0.235 e. The molecule has 2 aliphatic heterocycles. The van der Waals surface area contributed by atoms with Crippen LogP contribution in [0.2, 0.25) is 0 Å². The Morgan fingerprint density at radius 3 is 2.43 bits per heavy atom. The fourth-order valence-electron chi connectivity index (χ4n) is 4.65. The molecule has 3 heterocycles. The number of nitrogens with one attached hydrogen (secondary N) is 1. The number of amides is 1. The zero-order chi connectivity index (χ0) is 20.3. The van der Waals surface area contributed by atoms with E-state index in [2.05, 4.69) is 10.3 Å². The fraction of sp³-hybridized carbons (Fsp3) is 0.320. The minimum atomic E-state index is -0.310. The third kappa shape index (κ3) is 3.61. The van der Waals surface area contributed by atoms with Gasteiger partial charge in [-0.25, -0.2) is 9.97 Å². The van der Waals surface area contributed by atoms with E-state index in [0.717, 1.165) is 61.5 Å². The smallest absolute Gasteiger partial charge is 0.235 e. The normalized spacial score (nSPS) is 18.4. The Bertz CT molecular complexity index is 982. The van der Waals surface area contributed by atoms with Crippen molar-refractivity contribution in [2.45, 2.75) is 37.8 Å². The molecular weight excluding hydrogens is 372 g/mol. The zero-order valence-corrected chi connectivity index (χ0v) is 17.0. The second-order valence-electron chi connectivity index (χ2n) is 8.07. The number of nitrogens with zero attached hydrogens (tertiary/aromatic N) is 3. The summed E-state index contributed by atoms with van der Waals surface area (Å²) in [6.45, 7) is 2.52. The Kier molecular flexibility index (Phi) is 5.28. The number of hydrogen-bond acceptors (Lipinski definition) is 4. The van der Waals surface area contributed by atoms with E-state index >= 15 is 0 Å². The highest BCUT2D eigenvalue weighted by Crippen LogP contribution is 2.36. The lowest BCUT2D eigenvalue weighted by molar-refractivity contribution is -0.133. The van der Waals surface area contributed by atoms with Gasteiger partial charge in [0.05, 0.1) is 12.0 Å². The molecule has 0 bridgehead atoms. The maximum atomic E-state index is 13.9. The van der Waals surface area contributed by atoms with E-state index in [9.17, 15) is 4.79 Å². The molecule has 152 valence electrons. The number of rotatable bonds is 4. The molecule has 1 fully saturated rings. The highest BCUT2D eigenvalue weighted by molar-refractivity contribution is 5.87. The van der Waals surface area contributed by atoms with Gasteiger partial charge in [-0.05, 0) is 24.0 Å². The monoisotopic (exact) mass is 398 g/mol. The summed E-state index contributed by atoms with van der Waals surface area (Å²) >= 11 is 0. The van der Waals surface area contributed by atoms with Crippen LogP contribution in [0.25, 0.3) is 0 Å². The molecule has 1 N–H and O–H groups in total. The molecule has 2 aliphatic rings. The standard InChI is InChI=1S/C25H26N4O/c30-25(23(18-8-3-1-4-9-18)19-10-5-2-6-11-19)29-15-7-12-22(29)24-27-17-20-16-26-14-13-21(20)28-24/h1-6,8-11,17,22-23,26H,7,12-16H2. The molecule has 0 aliphatic carbocycles. The molecule has 1 atom stereocenters. The molecule has 3 aromatic rings. The number of fused-ring (bicyclic) bond motifs is 1. The molecule has 5 heteroatoms. The number of carbonyl (C=O) groups excluding carboxylic acids is 1. The van der Waals surface area contributed by atoms with Crippen molar-refractivity contribution in [2.75, 3.05) is 13.1 Å². The van der Waals surface area contributed by atoms with E-state index in [1.165, 1.54) is 5.56 Å². The number of hydrogen-bond donors (Lipinski definition) is 1. The molecule has 1 unspecified atom stereocenters. The molecule has 2 aromatic carbocycles. The first-order chi connectivity index (χ1) is 14.8. The largest absolute Gasteiger partial charge is 0.332 e. The third-order valence-electron chi connectivity index (χ3n) is 6.17. The van der Waals surface area contributed by atoms with Crippen LogP contribution in [0.15, 0.2) is 66.9 Å². The summed E-state index contributed by atoms with van der Waals surface area (Å²) in [6, 6.07) is 20.1. The van der Waals surface area contributed by atoms with E-state index in [4.69, 9.17) is 4.98 Å².